The fraction of sp³-hybridized carbons (Fsp3) is 0.333. The molecule has 2 aromatic carbocycles. The Labute approximate surface area is 131 Å². The smallest absolute Gasteiger partial charge is 0.161 e. The topological polar surface area (TPSA) is 50.7 Å². The molecule has 0 saturated carbocycles. The predicted octanol–water partition coefficient (Wildman–Crippen LogP) is 2.66. The van der Waals surface area contributed by atoms with E-state index < -0.39 is 0 Å². The number of aliphatic hydroxyl groups is 1. The summed E-state index contributed by atoms with van der Waals surface area (Å²) in [6.45, 7) is 3.96. The van der Waals surface area contributed by atoms with Crippen LogP contribution in [-0.2, 0) is 13.1 Å². The largest absolute Gasteiger partial charge is 0.493 e. The van der Waals surface area contributed by atoms with Crippen molar-refractivity contribution in [3.05, 3.63) is 59.2 Å². The van der Waals surface area contributed by atoms with Gasteiger partial charge in [-0.25, -0.2) is 0 Å². The maximum Gasteiger partial charge on any atom is 0.161 e. The Balaban J connectivity index is 1.94. The molecule has 0 atom stereocenters. The summed E-state index contributed by atoms with van der Waals surface area (Å²) >= 11 is 0. The fourth-order valence-corrected chi connectivity index (χ4v) is 2.25. The van der Waals surface area contributed by atoms with Crippen LogP contribution in [0.1, 0.15) is 16.7 Å². The van der Waals surface area contributed by atoms with Crippen molar-refractivity contribution in [3.63, 3.8) is 0 Å². The number of methoxy groups -OCH3 is 1. The molecule has 0 aliphatic heterocycles. The molecule has 2 rings (SSSR count). The molecule has 0 aliphatic rings. The average molecular weight is 301 g/mol. The summed E-state index contributed by atoms with van der Waals surface area (Å²) in [7, 11) is 1.62. The fourth-order valence-electron chi connectivity index (χ4n) is 2.25. The molecule has 0 radical (unpaired) electrons. The molecule has 118 valence electrons. The van der Waals surface area contributed by atoms with E-state index in [0.717, 1.165) is 18.7 Å². The van der Waals surface area contributed by atoms with E-state index in [2.05, 4.69) is 36.5 Å². The van der Waals surface area contributed by atoms with Crippen LogP contribution < -0.4 is 14.8 Å². The second kappa shape index (κ2) is 8.41. The molecule has 4 heteroatoms. The van der Waals surface area contributed by atoms with Gasteiger partial charge >= 0.3 is 0 Å². The zero-order valence-corrected chi connectivity index (χ0v) is 13.1. The summed E-state index contributed by atoms with van der Waals surface area (Å²) in [6, 6.07) is 14.2. The van der Waals surface area contributed by atoms with Crippen LogP contribution in [0.4, 0.5) is 0 Å². The van der Waals surface area contributed by atoms with Gasteiger partial charge in [-0.15, -0.1) is 0 Å². The quantitative estimate of drug-likeness (QED) is 0.787. The van der Waals surface area contributed by atoms with E-state index >= 15 is 0 Å². The van der Waals surface area contributed by atoms with Crippen molar-refractivity contribution in [2.75, 3.05) is 20.3 Å². The predicted molar refractivity (Wildman–Crippen MR) is 87.3 cm³/mol. The van der Waals surface area contributed by atoms with Crippen molar-refractivity contribution >= 4 is 0 Å². The van der Waals surface area contributed by atoms with Crippen LogP contribution >= 0.6 is 0 Å². The molecular formula is C18H23NO3. The third-order valence-corrected chi connectivity index (χ3v) is 3.48. The van der Waals surface area contributed by atoms with Gasteiger partial charge in [0.15, 0.2) is 11.5 Å². The molecule has 2 aromatic rings. The van der Waals surface area contributed by atoms with Gasteiger partial charge < -0.3 is 19.9 Å². The highest BCUT2D eigenvalue weighted by Crippen LogP contribution is 2.28. The first-order valence-electron chi connectivity index (χ1n) is 7.40. The van der Waals surface area contributed by atoms with Crippen molar-refractivity contribution in [2.45, 2.75) is 20.0 Å². The summed E-state index contributed by atoms with van der Waals surface area (Å²) in [5.74, 6) is 1.34. The highest BCUT2D eigenvalue weighted by Gasteiger charge is 2.06. The lowest BCUT2D eigenvalue weighted by molar-refractivity contribution is 0.196. The minimum Gasteiger partial charge on any atom is -0.493 e. The Hall–Kier alpha value is -2.04. The minimum absolute atomic E-state index is 0.0110. The van der Waals surface area contributed by atoms with Gasteiger partial charge in [-0.05, 0) is 35.7 Å². The number of ether oxygens (including phenoxy) is 2. The minimum atomic E-state index is -0.0110. The molecule has 0 fully saturated rings. The number of hydrogen-bond acceptors (Lipinski definition) is 4. The van der Waals surface area contributed by atoms with Crippen molar-refractivity contribution in [1.82, 2.24) is 5.32 Å². The summed E-state index contributed by atoms with van der Waals surface area (Å²) in [4.78, 5) is 0. The zero-order valence-electron chi connectivity index (χ0n) is 13.1. The zero-order chi connectivity index (χ0) is 15.8. The Kier molecular flexibility index (Phi) is 6.25. The van der Waals surface area contributed by atoms with Gasteiger partial charge in [0.05, 0.1) is 13.7 Å². The molecule has 0 unspecified atom stereocenters. The van der Waals surface area contributed by atoms with Crippen LogP contribution in [-0.4, -0.2) is 25.4 Å². The van der Waals surface area contributed by atoms with Gasteiger partial charge in [0.2, 0.25) is 0 Å². The second-order valence-corrected chi connectivity index (χ2v) is 5.09. The van der Waals surface area contributed by atoms with Crippen molar-refractivity contribution < 1.29 is 14.6 Å². The van der Waals surface area contributed by atoms with Gasteiger partial charge in [-0.1, -0.05) is 30.3 Å². The molecule has 0 amide bonds. The van der Waals surface area contributed by atoms with Gasteiger partial charge in [0.1, 0.15) is 6.61 Å². The summed E-state index contributed by atoms with van der Waals surface area (Å²) < 4.78 is 10.8. The summed E-state index contributed by atoms with van der Waals surface area (Å²) in [5, 5.41) is 12.3. The van der Waals surface area contributed by atoms with Gasteiger partial charge in [0, 0.05) is 13.1 Å². The first-order chi connectivity index (χ1) is 10.7. The van der Waals surface area contributed by atoms with Crippen molar-refractivity contribution in [3.8, 4) is 11.5 Å². The van der Waals surface area contributed by atoms with Crippen LogP contribution in [0, 0.1) is 6.92 Å². The third kappa shape index (κ3) is 4.48. The molecule has 0 bridgehead atoms. The number of benzene rings is 2. The molecule has 2 N–H and O–H groups in total. The van der Waals surface area contributed by atoms with Gasteiger partial charge in [-0.3, -0.25) is 0 Å². The maximum atomic E-state index is 8.82. The number of aliphatic hydroxyl groups excluding tert-OH is 1. The summed E-state index contributed by atoms with van der Waals surface area (Å²) in [5.41, 5.74) is 3.72. The van der Waals surface area contributed by atoms with Crippen LogP contribution in [0.3, 0.4) is 0 Å². The first kappa shape index (κ1) is 16.3. The number of nitrogens with one attached hydrogen (secondary N) is 1. The molecular weight excluding hydrogens is 278 g/mol. The van der Waals surface area contributed by atoms with E-state index in [1.165, 1.54) is 11.1 Å². The maximum absolute atomic E-state index is 8.82. The van der Waals surface area contributed by atoms with E-state index in [0.29, 0.717) is 11.5 Å². The van der Waals surface area contributed by atoms with Gasteiger partial charge in [-0.2, -0.15) is 0 Å². The Morgan fingerprint density at radius 2 is 1.86 bits per heavy atom. The Morgan fingerprint density at radius 3 is 2.59 bits per heavy atom. The van der Waals surface area contributed by atoms with Gasteiger partial charge in [0.25, 0.3) is 0 Å². The summed E-state index contributed by atoms with van der Waals surface area (Å²) in [6.07, 6.45) is 0. The van der Waals surface area contributed by atoms with E-state index in [1.807, 2.05) is 18.2 Å². The molecule has 0 heterocycles. The lowest BCUT2D eigenvalue weighted by Gasteiger charge is -2.12. The molecule has 0 spiro atoms. The molecule has 0 aliphatic carbocycles. The SMILES string of the molecule is COc1cc(CNCc2ccccc2C)ccc1OCCO. The molecule has 0 aromatic heterocycles. The third-order valence-electron chi connectivity index (χ3n) is 3.48. The highest BCUT2D eigenvalue weighted by atomic mass is 16.5. The number of rotatable bonds is 8. The monoisotopic (exact) mass is 301 g/mol. The lowest BCUT2D eigenvalue weighted by Crippen LogP contribution is -2.13. The van der Waals surface area contributed by atoms with Crippen LogP contribution in [0.25, 0.3) is 0 Å². The Morgan fingerprint density at radius 1 is 1.05 bits per heavy atom. The average Bonchev–Trinajstić information content (AvgIpc) is 2.55. The van der Waals surface area contributed by atoms with Crippen LogP contribution in [0.15, 0.2) is 42.5 Å². The normalized spacial score (nSPS) is 10.5. The molecule has 4 nitrogen and oxygen atoms in total. The Bertz CT molecular complexity index is 599. The van der Waals surface area contributed by atoms with Crippen molar-refractivity contribution in [1.29, 1.82) is 0 Å². The van der Waals surface area contributed by atoms with E-state index in [4.69, 9.17) is 14.6 Å². The highest BCUT2D eigenvalue weighted by molar-refractivity contribution is 5.43. The molecule has 22 heavy (non-hydrogen) atoms. The van der Waals surface area contributed by atoms with Crippen LogP contribution in [0.5, 0.6) is 11.5 Å². The number of aryl methyl sites for hydroxylation is 1. The first-order valence-corrected chi connectivity index (χ1v) is 7.40. The van der Waals surface area contributed by atoms with Crippen LogP contribution in [0.2, 0.25) is 0 Å². The molecule has 0 saturated heterocycles. The number of hydrogen-bond donors (Lipinski definition) is 2. The van der Waals surface area contributed by atoms with Crippen molar-refractivity contribution in [2.24, 2.45) is 0 Å². The second-order valence-electron chi connectivity index (χ2n) is 5.09. The van der Waals surface area contributed by atoms with E-state index in [-0.39, 0.29) is 13.2 Å². The van der Waals surface area contributed by atoms with E-state index in [9.17, 15) is 0 Å². The lowest BCUT2D eigenvalue weighted by atomic mass is 10.1. The standard InChI is InChI=1S/C18H23NO3/c1-14-5-3-4-6-16(14)13-19-12-15-7-8-17(22-10-9-20)18(11-15)21-2/h3-8,11,19-20H,9-10,12-13H2,1-2H3. The van der Waals surface area contributed by atoms with E-state index in [1.54, 1.807) is 7.11 Å².